The van der Waals surface area contributed by atoms with Crippen LogP contribution >= 0.6 is 0 Å². The maximum absolute atomic E-state index is 9.22. The molecule has 4 rings (SSSR count). The van der Waals surface area contributed by atoms with Crippen LogP contribution in [0.15, 0.2) is 115 Å². The summed E-state index contributed by atoms with van der Waals surface area (Å²) in [4.78, 5) is 0. The Bertz CT molecular complexity index is 1060. The lowest BCUT2D eigenvalue weighted by Gasteiger charge is -2.36. The fourth-order valence-electron chi connectivity index (χ4n) is 5.56. The number of benzene rings is 4. The van der Waals surface area contributed by atoms with E-state index in [1.165, 1.54) is 67.2 Å². The Morgan fingerprint density at radius 2 is 0.865 bits per heavy atom. The summed E-state index contributed by atoms with van der Waals surface area (Å²) >= 11 is 0. The molecule has 4 aromatic carbocycles. The minimum Gasteiger partial charge on any atom is -0.423 e. The molecule has 0 spiro atoms. The molecule has 37 heavy (non-hydrogen) atoms. The first kappa shape index (κ1) is 26.9. The van der Waals surface area contributed by atoms with Gasteiger partial charge in [0.25, 0.3) is 0 Å². The lowest BCUT2D eigenvalue weighted by atomic mass is 9.66. The van der Waals surface area contributed by atoms with Crippen LogP contribution in [0.25, 0.3) is 0 Å². The van der Waals surface area contributed by atoms with Crippen LogP contribution in [0.2, 0.25) is 0 Å². The van der Waals surface area contributed by atoms with E-state index in [4.69, 9.17) is 0 Å². The summed E-state index contributed by atoms with van der Waals surface area (Å²) in [6.45, 7) is 0. The van der Waals surface area contributed by atoms with Gasteiger partial charge in [-0.15, -0.1) is 0 Å². The molecule has 0 unspecified atom stereocenters. The van der Waals surface area contributed by atoms with Gasteiger partial charge in [-0.25, -0.2) is 0 Å². The predicted octanol–water partition coefficient (Wildman–Crippen LogP) is 7.06. The Morgan fingerprint density at radius 1 is 0.459 bits per heavy atom. The van der Waals surface area contributed by atoms with Crippen LogP contribution in [0.3, 0.4) is 0 Å². The SMILES string of the molecule is OB(O)c1ccc(CCCCCCCCCC(c2ccccc2)(c2ccccc2)c2ccccc2)cc1. The molecule has 0 heterocycles. The molecule has 0 atom stereocenters. The highest BCUT2D eigenvalue weighted by Gasteiger charge is 2.35. The van der Waals surface area contributed by atoms with Gasteiger partial charge < -0.3 is 10.0 Å². The highest BCUT2D eigenvalue weighted by atomic mass is 16.4. The first-order chi connectivity index (χ1) is 18.2. The molecular formula is C34H39BO2. The van der Waals surface area contributed by atoms with Crippen molar-refractivity contribution < 1.29 is 10.0 Å². The van der Waals surface area contributed by atoms with Crippen molar-refractivity contribution in [2.45, 2.75) is 63.2 Å². The molecule has 0 saturated carbocycles. The van der Waals surface area contributed by atoms with E-state index in [2.05, 4.69) is 91.0 Å². The fourth-order valence-corrected chi connectivity index (χ4v) is 5.56. The summed E-state index contributed by atoms with van der Waals surface area (Å²) in [7, 11) is -1.38. The van der Waals surface area contributed by atoms with Crippen molar-refractivity contribution in [1.82, 2.24) is 0 Å². The highest BCUT2D eigenvalue weighted by molar-refractivity contribution is 6.58. The van der Waals surface area contributed by atoms with Crippen molar-refractivity contribution in [3.05, 3.63) is 138 Å². The number of rotatable bonds is 14. The topological polar surface area (TPSA) is 40.5 Å². The van der Waals surface area contributed by atoms with Crippen molar-refractivity contribution in [2.24, 2.45) is 0 Å². The lowest BCUT2D eigenvalue weighted by molar-refractivity contribution is 0.426. The Balaban J connectivity index is 1.30. The van der Waals surface area contributed by atoms with Crippen molar-refractivity contribution in [3.63, 3.8) is 0 Å². The van der Waals surface area contributed by atoms with Crippen LogP contribution in [-0.4, -0.2) is 17.2 Å². The monoisotopic (exact) mass is 490 g/mol. The average Bonchev–Trinajstić information content (AvgIpc) is 2.96. The Morgan fingerprint density at radius 3 is 1.30 bits per heavy atom. The predicted molar refractivity (Wildman–Crippen MR) is 156 cm³/mol. The van der Waals surface area contributed by atoms with Crippen LogP contribution in [0.5, 0.6) is 0 Å². The van der Waals surface area contributed by atoms with Gasteiger partial charge in [0.2, 0.25) is 0 Å². The van der Waals surface area contributed by atoms with Gasteiger partial charge in [-0.2, -0.15) is 0 Å². The van der Waals surface area contributed by atoms with E-state index in [9.17, 15) is 10.0 Å². The van der Waals surface area contributed by atoms with E-state index in [1.54, 1.807) is 12.1 Å². The summed E-state index contributed by atoms with van der Waals surface area (Å²) in [6, 6.07) is 40.7. The second-order valence-corrected chi connectivity index (χ2v) is 10.1. The van der Waals surface area contributed by atoms with Crippen molar-refractivity contribution in [2.75, 3.05) is 0 Å². The third kappa shape index (κ3) is 7.22. The minimum atomic E-state index is -1.38. The number of unbranched alkanes of at least 4 members (excludes halogenated alkanes) is 6. The minimum absolute atomic E-state index is 0.134. The summed E-state index contributed by atoms with van der Waals surface area (Å²) < 4.78 is 0. The number of hydrogen-bond donors (Lipinski definition) is 2. The summed E-state index contributed by atoms with van der Waals surface area (Å²) in [6.07, 6.45) is 10.9. The zero-order valence-electron chi connectivity index (χ0n) is 21.8. The first-order valence-corrected chi connectivity index (χ1v) is 13.8. The van der Waals surface area contributed by atoms with E-state index < -0.39 is 7.12 Å². The average molecular weight is 490 g/mol. The van der Waals surface area contributed by atoms with Crippen molar-refractivity contribution in [1.29, 1.82) is 0 Å². The molecular weight excluding hydrogens is 451 g/mol. The van der Waals surface area contributed by atoms with Crippen LogP contribution in [0.4, 0.5) is 0 Å². The second-order valence-electron chi connectivity index (χ2n) is 10.1. The molecule has 4 aromatic rings. The van der Waals surface area contributed by atoms with Gasteiger partial charge in [0.15, 0.2) is 0 Å². The van der Waals surface area contributed by atoms with Crippen LogP contribution in [0.1, 0.15) is 73.6 Å². The molecule has 0 fully saturated rings. The van der Waals surface area contributed by atoms with Gasteiger partial charge >= 0.3 is 7.12 Å². The molecule has 0 amide bonds. The van der Waals surface area contributed by atoms with Gasteiger partial charge in [0.1, 0.15) is 0 Å². The lowest BCUT2D eigenvalue weighted by Crippen LogP contribution is -2.29. The van der Waals surface area contributed by atoms with Crippen LogP contribution in [-0.2, 0) is 11.8 Å². The molecule has 190 valence electrons. The highest BCUT2D eigenvalue weighted by Crippen LogP contribution is 2.43. The molecule has 0 aliphatic heterocycles. The van der Waals surface area contributed by atoms with E-state index in [1.807, 2.05) is 12.1 Å². The molecule has 3 heteroatoms. The third-order valence-electron chi connectivity index (χ3n) is 7.59. The van der Waals surface area contributed by atoms with Crippen LogP contribution < -0.4 is 5.46 Å². The Labute approximate surface area is 223 Å². The molecule has 0 aromatic heterocycles. The smallest absolute Gasteiger partial charge is 0.423 e. The van der Waals surface area contributed by atoms with Crippen molar-refractivity contribution in [3.8, 4) is 0 Å². The molecule has 0 bridgehead atoms. The van der Waals surface area contributed by atoms with E-state index in [0.717, 1.165) is 12.8 Å². The quantitative estimate of drug-likeness (QED) is 0.113. The summed E-state index contributed by atoms with van der Waals surface area (Å²) in [5, 5.41) is 18.4. The van der Waals surface area contributed by atoms with E-state index in [0.29, 0.717) is 5.46 Å². The van der Waals surface area contributed by atoms with Gasteiger partial charge in [0, 0.05) is 5.41 Å². The van der Waals surface area contributed by atoms with E-state index in [-0.39, 0.29) is 5.41 Å². The molecule has 0 aliphatic carbocycles. The first-order valence-electron chi connectivity index (χ1n) is 13.8. The fraction of sp³-hybridized carbons (Fsp3) is 0.294. The molecule has 0 aliphatic rings. The van der Waals surface area contributed by atoms with Gasteiger partial charge in [-0.05, 0) is 47.0 Å². The van der Waals surface area contributed by atoms with Gasteiger partial charge in [-0.3, -0.25) is 0 Å². The normalized spacial score (nSPS) is 11.4. The maximum Gasteiger partial charge on any atom is 0.488 e. The Kier molecular flexibility index (Phi) is 10.2. The third-order valence-corrected chi connectivity index (χ3v) is 7.59. The number of hydrogen-bond acceptors (Lipinski definition) is 2. The van der Waals surface area contributed by atoms with Crippen LogP contribution in [0, 0.1) is 0 Å². The molecule has 2 N–H and O–H groups in total. The zero-order chi connectivity index (χ0) is 25.8. The van der Waals surface area contributed by atoms with Crippen molar-refractivity contribution >= 4 is 12.6 Å². The zero-order valence-corrected chi connectivity index (χ0v) is 21.8. The number of aryl methyl sites for hydroxylation is 1. The van der Waals surface area contributed by atoms with Gasteiger partial charge in [0.05, 0.1) is 0 Å². The maximum atomic E-state index is 9.22. The summed E-state index contributed by atoms with van der Waals surface area (Å²) in [5.41, 5.74) is 5.80. The molecule has 2 nitrogen and oxygen atoms in total. The standard InChI is InChI=1S/C34H39BO2/c36-35(37)33-26-24-29(25-27-33)17-9-4-2-1-3-5-16-28-34(30-18-10-6-11-19-30,31-20-12-7-13-21-31)32-22-14-8-15-23-32/h6-8,10-15,18-27,36-37H,1-5,9,16-17,28H2. The Hall–Kier alpha value is -3.14. The second kappa shape index (κ2) is 14.0. The van der Waals surface area contributed by atoms with Gasteiger partial charge in [-0.1, -0.05) is 154 Å². The molecule has 0 radical (unpaired) electrons. The largest absolute Gasteiger partial charge is 0.488 e. The molecule has 0 saturated heterocycles. The summed E-state index contributed by atoms with van der Waals surface area (Å²) in [5.74, 6) is 0. The van der Waals surface area contributed by atoms with E-state index >= 15 is 0 Å².